The van der Waals surface area contributed by atoms with Gasteiger partial charge in [-0.3, -0.25) is 4.79 Å². The fraction of sp³-hybridized carbons (Fsp3) is 0.500. The molecule has 1 amide bonds. The Morgan fingerprint density at radius 3 is 2.83 bits per heavy atom. The normalized spacial score (nSPS) is 18.3. The van der Waals surface area contributed by atoms with Gasteiger partial charge in [-0.2, -0.15) is 0 Å². The number of carbonyl (C=O) groups is 1. The van der Waals surface area contributed by atoms with Gasteiger partial charge in [0.25, 0.3) is 5.91 Å². The molecule has 1 saturated heterocycles. The van der Waals surface area contributed by atoms with Crippen molar-refractivity contribution in [1.29, 1.82) is 0 Å². The van der Waals surface area contributed by atoms with E-state index >= 15 is 0 Å². The average Bonchev–Trinajstić information content (AvgIpc) is 2.37. The maximum atomic E-state index is 11.9. The number of carbonyl (C=O) groups excluding carboxylic acids is 1. The van der Waals surface area contributed by atoms with Crippen LogP contribution in [-0.2, 0) is 4.74 Å². The quantitative estimate of drug-likeness (QED) is 0.860. The molecule has 0 aliphatic carbocycles. The molecule has 4 heteroatoms. The summed E-state index contributed by atoms with van der Waals surface area (Å²) >= 11 is 0. The van der Waals surface area contributed by atoms with Gasteiger partial charge in [-0.15, -0.1) is 0 Å². The summed E-state index contributed by atoms with van der Waals surface area (Å²) in [5, 5.41) is 12.3. The summed E-state index contributed by atoms with van der Waals surface area (Å²) in [6, 6.07) is 6.39. The van der Waals surface area contributed by atoms with Gasteiger partial charge in [0.1, 0.15) is 5.75 Å². The van der Waals surface area contributed by atoms with Crippen molar-refractivity contribution in [1.82, 2.24) is 5.32 Å². The summed E-state index contributed by atoms with van der Waals surface area (Å²) < 4.78 is 5.33. The van der Waals surface area contributed by atoms with Gasteiger partial charge in [0.2, 0.25) is 0 Å². The zero-order valence-corrected chi connectivity index (χ0v) is 10.6. The molecule has 2 N–H and O–H groups in total. The fourth-order valence-corrected chi connectivity index (χ4v) is 2.08. The standard InChI is InChI=1S/C14H19NO3/c1-14(5-7-18-8-6-14)10-15-13(17)11-3-2-4-12(16)9-11/h2-4,9,16H,5-8,10H2,1H3,(H,15,17). The lowest BCUT2D eigenvalue weighted by Gasteiger charge is -2.33. The number of hydrogen-bond donors (Lipinski definition) is 2. The minimum Gasteiger partial charge on any atom is -0.508 e. The van der Waals surface area contributed by atoms with E-state index in [2.05, 4.69) is 12.2 Å². The number of phenolic OH excluding ortho intramolecular Hbond substituents is 1. The van der Waals surface area contributed by atoms with Crippen molar-refractivity contribution < 1.29 is 14.6 Å². The molecule has 0 unspecified atom stereocenters. The monoisotopic (exact) mass is 249 g/mol. The molecule has 98 valence electrons. The molecule has 1 heterocycles. The van der Waals surface area contributed by atoms with Crippen LogP contribution in [0.2, 0.25) is 0 Å². The van der Waals surface area contributed by atoms with Crippen LogP contribution in [0.5, 0.6) is 5.75 Å². The summed E-state index contributed by atoms with van der Waals surface area (Å²) in [6.07, 6.45) is 1.93. The van der Waals surface area contributed by atoms with E-state index in [1.54, 1.807) is 18.2 Å². The van der Waals surface area contributed by atoms with Crippen LogP contribution in [0.25, 0.3) is 0 Å². The molecule has 0 atom stereocenters. The molecule has 0 radical (unpaired) electrons. The number of hydrogen-bond acceptors (Lipinski definition) is 3. The summed E-state index contributed by atoms with van der Waals surface area (Å²) in [5.74, 6) is -0.0291. The van der Waals surface area contributed by atoms with Crippen molar-refractivity contribution in [3.63, 3.8) is 0 Å². The Kier molecular flexibility index (Phi) is 3.87. The Hall–Kier alpha value is -1.55. The van der Waals surface area contributed by atoms with E-state index in [4.69, 9.17) is 4.74 Å². The highest BCUT2D eigenvalue weighted by molar-refractivity contribution is 5.94. The van der Waals surface area contributed by atoms with E-state index in [9.17, 15) is 9.90 Å². The lowest BCUT2D eigenvalue weighted by molar-refractivity contribution is 0.0238. The topological polar surface area (TPSA) is 58.6 Å². The number of aromatic hydroxyl groups is 1. The first kappa shape index (κ1) is 12.9. The van der Waals surface area contributed by atoms with E-state index in [-0.39, 0.29) is 17.1 Å². The van der Waals surface area contributed by atoms with Crippen molar-refractivity contribution in [2.45, 2.75) is 19.8 Å². The van der Waals surface area contributed by atoms with Crippen molar-refractivity contribution in [2.75, 3.05) is 19.8 Å². The van der Waals surface area contributed by atoms with Crippen molar-refractivity contribution >= 4 is 5.91 Å². The molecule has 0 aromatic heterocycles. The minimum atomic E-state index is -0.140. The molecule has 1 aromatic carbocycles. The van der Waals surface area contributed by atoms with Crippen LogP contribution in [0.3, 0.4) is 0 Å². The van der Waals surface area contributed by atoms with Crippen molar-refractivity contribution in [2.24, 2.45) is 5.41 Å². The Balaban J connectivity index is 1.92. The molecular weight excluding hydrogens is 230 g/mol. The molecule has 1 aliphatic heterocycles. The molecule has 0 bridgehead atoms. The fourth-order valence-electron chi connectivity index (χ4n) is 2.08. The Morgan fingerprint density at radius 2 is 2.17 bits per heavy atom. The number of nitrogens with one attached hydrogen (secondary N) is 1. The number of benzene rings is 1. The predicted molar refractivity (Wildman–Crippen MR) is 68.6 cm³/mol. The van der Waals surface area contributed by atoms with E-state index < -0.39 is 0 Å². The first-order valence-corrected chi connectivity index (χ1v) is 6.24. The van der Waals surface area contributed by atoms with E-state index in [0.29, 0.717) is 12.1 Å². The van der Waals surface area contributed by atoms with E-state index in [1.165, 1.54) is 6.07 Å². The molecule has 0 saturated carbocycles. The van der Waals surface area contributed by atoms with Gasteiger partial charge >= 0.3 is 0 Å². The van der Waals surface area contributed by atoms with Crippen LogP contribution in [0, 0.1) is 5.41 Å². The number of phenols is 1. The Bertz CT molecular complexity index is 425. The number of amides is 1. The smallest absolute Gasteiger partial charge is 0.251 e. The highest BCUT2D eigenvalue weighted by Gasteiger charge is 2.27. The van der Waals surface area contributed by atoms with Crippen LogP contribution >= 0.6 is 0 Å². The first-order valence-electron chi connectivity index (χ1n) is 6.24. The van der Waals surface area contributed by atoms with Crippen LogP contribution in [-0.4, -0.2) is 30.8 Å². The SMILES string of the molecule is CC1(CNC(=O)c2cccc(O)c2)CCOCC1. The third kappa shape index (κ3) is 3.23. The largest absolute Gasteiger partial charge is 0.508 e. The van der Waals surface area contributed by atoms with Gasteiger partial charge in [0.05, 0.1) is 0 Å². The molecule has 1 aliphatic rings. The molecule has 2 rings (SSSR count). The minimum absolute atomic E-state index is 0.111. The molecule has 4 nitrogen and oxygen atoms in total. The zero-order valence-electron chi connectivity index (χ0n) is 10.6. The highest BCUT2D eigenvalue weighted by atomic mass is 16.5. The van der Waals surface area contributed by atoms with Crippen LogP contribution < -0.4 is 5.32 Å². The molecular formula is C14H19NO3. The van der Waals surface area contributed by atoms with Gasteiger partial charge in [0.15, 0.2) is 0 Å². The second kappa shape index (κ2) is 5.40. The lowest BCUT2D eigenvalue weighted by Crippen LogP contribution is -2.39. The molecule has 1 fully saturated rings. The number of rotatable bonds is 3. The molecule has 18 heavy (non-hydrogen) atoms. The number of ether oxygens (including phenoxy) is 1. The van der Waals surface area contributed by atoms with E-state index in [0.717, 1.165) is 26.1 Å². The van der Waals surface area contributed by atoms with Gasteiger partial charge < -0.3 is 15.2 Å². The summed E-state index contributed by atoms with van der Waals surface area (Å²) in [4.78, 5) is 11.9. The van der Waals surface area contributed by atoms with E-state index in [1.807, 2.05) is 0 Å². The maximum absolute atomic E-state index is 11.9. The summed E-state index contributed by atoms with van der Waals surface area (Å²) in [6.45, 7) is 4.33. The highest BCUT2D eigenvalue weighted by Crippen LogP contribution is 2.28. The van der Waals surface area contributed by atoms with Gasteiger partial charge in [-0.25, -0.2) is 0 Å². The second-order valence-corrected chi connectivity index (χ2v) is 5.16. The molecule has 1 aromatic rings. The second-order valence-electron chi connectivity index (χ2n) is 5.16. The third-order valence-electron chi connectivity index (χ3n) is 3.48. The third-order valence-corrected chi connectivity index (χ3v) is 3.48. The Labute approximate surface area is 107 Å². The zero-order chi connectivity index (χ0) is 13.0. The van der Waals surface area contributed by atoms with Crippen molar-refractivity contribution in [3.05, 3.63) is 29.8 Å². The van der Waals surface area contributed by atoms with Gasteiger partial charge in [-0.05, 0) is 36.5 Å². The first-order chi connectivity index (χ1) is 8.59. The Morgan fingerprint density at radius 1 is 1.44 bits per heavy atom. The van der Waals surface area contributed by atoms with Gasteiger partial charge in [0, 0.05) is 25.3 Å². The lowest BCUT2D eigenvalue weighted by atomic mass is 9.82. The van der Waals surface area contributed by atoms with Crippen LogP contribution in [0.1, 0.15) is 30.1 Å². The summed E-state index contributed by atoms with van der Waals surface area (Å²) in [7, 11) is 0. The van der Waals surface area contributed by atoms with Gasteiger partial charge in [-0.1, -0.05) is 13.0 Å². The maximum Gasteiger partial charge on any atom is 0.251 e. The summed E-state index contributed by atoms with van der Waals surface area (Å²) in [5.41, 5.74) is 0.607. The average molecular weight is 249 g/mol. The van der Waals surface area contributed by atoms with Crippen LogP contribution in [0.4, 0.5) is 0 Å². The predicted octanol–water partition coefficient (Wildman–Crippen LogP) is 1.94. The molecule has 0 spiro atoms. The van der Waals surface area contributed by atoms with Crippen molar-refractivity contribution in [3.8, 4) is 5.75 Å². The van der Waals surface area contributed by atoms with Crippen LogP contribution in [0.15, 0.2) is 24.3 Å².